The fourth-order valence-electron chi connectivity index (χ4n) is 2.62. The first-order chi connectivity index (χ1) is 11.5. The average molecular weight is 329 g/mol. The third-order valence-corrected chi connectivity index (χ3v) is 3.68. The fraction of sp³-hybridized carbons (Fsp3) is 0.529. The number of aryl methyl sites for hydroxylation is 1. The Morgan fingerprint density at radius 1 is 1.08 bits per heavy atom. The van der Waals surface area contributed by atoms with E-state index in [0.29, 0.717) is 23.8 Å². The second-order valence-corrected chi connectivity index (χ2v) is 6.29. The van der Waals surface area contributed by atoms with Crippen LogP contribution < -0.4 is 10.6 Å². The Hall–Kier alpha value is -2.28. The third kappa shape index (κ3) is 5.42. The van der Waals surface area contributed by atoms with Crippen molar-refractivity contribution in [3.8, 4) is 0 Å². The van der Waals surface area contributed by atoms with Gasteiger partial charge in [0, 0.05) is 43.1 Å². The first-order valence-electron chi connectivity index (χ1n) is 8.34. The van der Waals surface area contributed by atoms with Crippen LogP contribution in [0.3, 0.4) is 0 Å². The summed E-state index contributed by atoms with van der Waals surface area (Å²) in [5.41, 5.74) is 0.897. The van der Waals surface area contributed by atoms with E-state index in [4.69, 9.17) is 0 Å². The van der Waals surface area contributed by atoms with Crippen LogP contribution in [0, 0.1) is 6.92 Å². The number of nitrogens with zero attached hydrogens (tertiary/aromatic N) is 5. The van der Waals surface area contributed by atoms with E-state index >= 15 is 0 Å². The molecule has 2 aromatic rings. The summed E-state index contributed by atoms with van der Waals surface area (Å²) in [4.78, 5) is 19.4. The van der Waals surface area contributed by atoms with Gasteiger partial charge in [0.25, 0.3) is 0 Å². The molecule has 0 spiro atoms. The first-order valence-corrected chi connectivity index (χ1v) is 8.34. The molecule has 7 heteroatoms. The van der Waals surface area contributed by atoms with Crippen molar-refractivity contribution in [2.24, 2.45) is 0 Å². The molecule has 2 aromatic heterocycles. The number of hydrogen-bond donors (Lipinski definition) is 2. The van der Waals surface area contributed by atoms with Crippen molar-refractivity contribution in [3.05, 3.63) is 30.4 Å². The smallest absolute Gasteiger partial charge is 0.230 e. The lowest BCUT2D eigenvalue weighted by molar-refractivity contribution is 0.182. The van der Waals surface area contributed by atoms with Gasteiger partial charge in [-0.2, -0.15) is 4.98 Å². The van der Waals surface area contributed by atoms with Crippen LogP contribution in [-0.4, -0.2) is 50.0 Å². The highest BCUT2D eigenvalue weighted by molar-refractivity contribution is 5.50. The van der Waals surface area contributed by atoms with Crippen LogP contribution in [0.15, 0.2) is 24.7 Å². The Balaban J connectivity index is 1.98. The average Bonchev–Trinajstić information content (AvgIpc) is 2.51. The van der Waals surface area contributed by atoms with Crippen molar-refractivity contribution in [1.82, 2.24) is 24.8 Å². The minimum absolute atomic E-state index is 0.522. The van der Waals surface area contributed by atoms with Crippen LogP contribution in [-0.2, 0) is 0 Å². The van der Waals surface area contributed by atoms with Gasteiger partial charge in [0.1, 0.15) is 18.0 Å². The summed E-state index contributed by atoms with van der Waals surface area (Å²) in [7, 11) is 0. The number of rotatable bonds is 8. The first kappa shape index (κ1) is 18.1. The fourth-order valence-corrected chi connectivity index (χ4v) is 2.62. The summed E-state index contributed by atoms with van der Waals surface area (Å²) in [5.74, 6) is 2.01. The maximum absolute atomic E-state index is 4.50. The maximum Gasteiger partial charge on any atom is 0.230 e. The van der Waals surface area contributed by atoms with E-state index in [2.05, 4.69) is 63.2 Å². The molecule has 7 nitrogen and oxygen atoms in total. The lowest BCUT2D eigenvalue weighted by Gasteiger charge is -2.30. The Labute approximate surface area is 144 Å². The topological polar surface area (TPSA) is 78.9 Å². The molecule has 0 aromatic carbocycles. The monoisotopic (exact) mass is 329 g/mol. The van der Waals surface area contributed by atoms with Crippen molar-refractivity contribution in [2.75, 3.05) is 23.7 Å². The molecule has 0 bridgehead atoms. The molecule has 0 unspecified atom stereocenters. The van der Waals surface area contributed by atoms with Crippen molar-refractivity contribution in [1.29, 1.82) is 0 Å². The van der Waals surface area contributed by atoms with E-state index in [1.54, 1.807) is 12.3 Å². The molecule has 0 aliphatic carbocycles. The number of anilines is 3. The van der Waals surface area contributed by atoms with Gasteiger partial charge in [-0.25, -0.2) is 15.0 Å². The number of hydrogen-bond acceptors (Lipinski definition) is 7. The molecule has 0 fully saturated rings. The predicted molar refractivity (Wildman–Crippen MR) is 97.6 cm³/mol. The molecule has 130 valence electrons. The molecule has 0 amide bonds. The van der Waals surface area contributed by atoms with Crippen molar-refractivity contribution >= 4 is 17.6 Å². The minimum atomic E-state index is 0.522. The van der Waals surface area contributed by atoms with Gasteiger partial charge in [-0.3, -0.25) is 4.90 Å². The third-order valence-electron chi connectivity index (χ3n) is 3.68. The molecule has 0 aliphatic heterocycles. The van der Waals surface area contributed by atoms with Crippen LogP contribution in [0.5, 0.6) is 0 Å². The summed E-state index contributed by atoms with van der Waals surface area (Å²) in [5, 5.41) is 6.48. The standard InChI is InChI=1S/C17H27N7/c1-12(2)24(13(3)4)9-8-19-16-10-14(5)21-17(23-16)22-15-6-7-18-11-20-15/h6-7,10-13H,8-9H2,1-5H3,(H2,18,19,20,21,22,23). The van der Waals surface area contributed by atoms with Gasteiger partial charge >= 0.3 is 0 Å². The van der Waals surface area contributed by atoms with E-state index in [9.17, 15) is 0 Å². The second kappa shape index (κ2) is 8.54. The number of nitrogens with one attached hydrogen (secondary N) is 2. The molecule has 0 saturated carbocycles. The van der Waals surface area contributed by atoms with E-state index in [0.717, 1.165) is 24.6 Å². The molecule has 2 N–H and O–H groups in total. The van der Waals surface area contributed by atoms with Crippen LogP contribution in [0.2, 0.25) is 0 Å². The minimum Gasteiger partial charge on any atom is -0.369 e. The SMILES string of the molecule is Cc1cc(NCCN(C(C)C)C(C)C)nc(Nc2ccncn2)n1. The Bertz CT molecular complexity index is 620. The van der Waals surface area contributed by atoms with Gasteiger partial charge < -0.3 is 10.6 Å². The highest BCUT2D eigenvalue weighted by Gasteiger charge is 2.12. The highest BCUT2D eigenvalue weighted by Crippen LogP contribution is 2.13. The van der Waals surface area contributed by atoms with E-state index in [1.807, 2.05) is 13.0 Å². The molecule has 2 rings (SSSR count). The Kier molecular flexibility index (Phi) is 6.43. The van der Waals surface area contributed by atoms with Crippen molar-refractivity contribution in [3.63, 3.8) is 0 Å². The summed E-state index contributed by atoms with van der Waals surface area (Å²) < 4.78 is 0. The Morgan fingerprint density at radius 3 is 2.46 bits per heavy atom. The lowest BCUT2D eigenvalue weighted by Crippen LogP contribution is -2.40. The zero-order valence-corrected chi connectivity index (χ0v) is 15.1. The maximum atomic E-state index is 4.50. The summed E-state index contributed by atoms with van der Waals surface area (Å²) in [6.07, 6.45) is 3.17. The van der Waals surface area contributed by atoms with Crippen LogP contribution in [0.25, 0.3) is 0 Å². The van der Waals surface area contributed by atoms with E-state index < -0.39 is 0 Å². The molecule has 0 atom stereocenters. The molecule has 0 saturated heterocycles. The summed E-state index contributed by atoms with van der Waals surface area (Å²) in [6, 6.07) is 4.77. The number of aromatic nitrogens is 4. The molecule has 24 heavy (non-hydrogen) atoms. The zero-order valence-electron chi connectivity index (χ0n) is 15.1. The van der Waals surface area contributed by atoms with Gasteiger partial charge in [0.05, 0.1) is 0 Å². The summed E-state index contributed by atoms with van der Waals surface area (Å²) >= 11 is 0. The molecular weight excluding hydrogens is 302 g/mol. The summed E-state index contributed by atoms with van der Waals surface area (Å²) in [6.45, 7) is 12.6. The van der Waals surface area contributed by atoms with Gasteiger partial charge in [-0.15, -0.1) is 0 Å². The zero-order chi connectivity index (χ0) is 17.5. The molecule has 2 heterocycles. The van der Waals surface area contributed by atoms with Gasteiger partial charge in [-0.05, 0) is 40.7 Å². The van der Waals surface area contributed by atoms with Gasteiger partial charge in [0.15, 0.2) is 0 Å². The van der Waals surface area contributed by atoms with Crippen LogP contribution >= 0.6 is 0 Å². The van der Waals surface area contributed by atoms with Crippen LogP contribution in [0.4, 0.5) is 17.6 Å². The van der Waals surface area contributed by atoms with E-state index in [-0.39, 0.29) is 0 Å². The van der Waals surface area contributed by atoms with Crippen molar-refractivity contribution < 1.29 is 0 Å². The second-order valence-electron chi connectivity index (χ2n) is 6.29. The largest absolute Gasteiger partial charge is 0.369 e. The van der Waals surface area contributed by atoms with E-state index in [1.165, 1.54) is 6.33 Å². The molecule has 0 aliphatic rings. The molecule has 0 radical (unpaired) electrons. The predicted octanol–water partition coefficient (Wildman–Crippen LogP) is 2.85. The van der Waals surface area contributed by atoms with Crippen molar-refractivity contribution in [2.45, 2.75) is 46.7 Å². The Morgan fingerprint density at radius 2 is 1.83 bits per heavy atom. The van der Waals surface area contributed by atoms with Crippen LogP contribution in [0.1, 0.15) is 33.4 Å². The quantitative estimate of drug-likeness (QED) is 0.771. The molecular formula is C17H27N7. The van der Waals surface area contributed by atoms with Gasteiger partial charge in [-0.1, -0.05) is 0 Å². The normalized spacial score (nSPS) is 11.3. The lowest BCUT2D eigenvalue weighted by atomic mass is 10.2. The highest BCUT2D eigenvalue weighted by atomic mass is 15.2. The van der Waals surface area contributed by atoms with Gasteiger partial charge in [0.2, 0.25) is 5.95 Å².